The molecule has 2 aliphatic carbocycles. The molecule has 2 fully saturated rings. The fourth-order valence-corrected chi connectivity index (χ4v) is 4.39. The molecule has 0 aromatic rings. The number of allylic oxidation sites excluding steroid dienone is 2. The molecule has 5 heteroatoms. The summed E-state index contributed by atoms with van der Waals surface area (Å²) in [6.45, 7) is 1.73. The van der Waals surface area contributed by atoms with Crippen LogP contribution in [0.2, 0.25) is 0 Å². The number of aliphatic hydroxyl groups excluding tert-OH is 2. The number of Topliss-reactive ketones (excluding diaryl/α,β-unsaturated/α-hetero) is 2. The van der Waals surface area contributed by atoms with Gasteiger partial charge in [-0.25, -0.2) is 0 Å². The Balaban J connectivity index is 1.85. The molecule has 0 aromatic carbocycles. The van der Waals surface area contributed by atoms with Crippen molar-refractivity contribution in [2.45, 2.75) is 89.3 Å². The quantitative estimate of drug-likeness (QED) is 0.303. The Morgan fingerprint density at radius 3 is 2.62 bits per heavy atom. The molecule has 3 N–H and O–H groups in total. The molecule has 0 aliphatic heterocycles. The van der Waals surface area contributed by atoms with E-state index in [1.54, 1.807) is 0 Å². The van der Waals surface area contributed by atoms with Crippen molar-refractivity contribution in [3.05, 3.63) is 24.3 Å². The summed E-state index contributed by atoms with van der Waals surface area (Å²) in [6, 6.07) is 0. The zero-order chi connectivity index (χ0) is 21.3. The van der Waals surface area contributed by atoms with Gasteiger partial charge in [0.1, 0.15) is 12.4 Å². The zero-order valence-corrected chi connectivity index (χ0v) is 17.8. The monoisotopic (exact) mass is 406 g/mol. The van der Waals surface area contributed by atoms with Crippen molar-refractivity contribution in [3.63, 3.8) is 0 Å². The fourth-order valence-electron chi connectivity index (χ4n) is 4.39. The third kappa shape index (κ3) is 7.47. The lowest BCUT2D eigenvalue weighted by Gasteiger charge is -2.27. The van der Waals surface area contributed by atoms with Crippen LogP contribution in [0.4, 0.5) is 0 Å². The molecule has 2 aliphatic rings. The standard InChI is InChI=1S/C24H38O5/c1-2-3-14-24(29,18-12-13-18)15-8-11-21-20(22(27)16-23(21)28)10-7-5-4-6-9-19(26)17-25/h5,7-8,11,18,20-21,23,25,28-29H,2-4,6,9-10,12-17H2,1H3/b7-5-,11-8+/t20-,21-,23-,24?/m1/s1. The van der Waals surface area contributed by atoms with E-state index in [0.717, 1.165) is 38.5 Å². The second-order valence-electron chi connectivity index (χ2n) is 8.83. The summed E-state index contributed by atoms with van der Waals surface area (Å²) in [5.74, 6) is -0.0808. The molecule has 0 heterocycles. The Morgan fingerprint density at radius 2 is 1.97 bits per heavy atom. The van der Waals surface area contributed by atoms with Crippen molar-refractivity contribution in [2.24, 2.45) is 17.8 Å². The average Bonchev–Trinajstić information content (AvgIpc) is 3.51. The summed E-state index contributed by atoms with van der Waals surface area (Å²) in [7, 11) is 0. The van der Waals surface area contributed by atoms with Crippen LogP contribution < -0.4 is 0 Å². The van der Waals surface area contributed by atoms with Crippen molar-refractivity contribution in [2.75, 3.05) is 6.61 Å². The second-order valence-corrected chi connectivity index (χ2v) is 8.83. The van der Waals surface area contributed by atoms with Gasteiger partial charge in [-0.2, -0.15) is 0 Å². The SMILES string of the molecule is CCCCC(O)(C/C=C/[C@H]1[C@H](O)CC(=O)[C@@H]1C/C=C\CCCC(=O)CO)C1CC1. The van der Waals surface area contributed by atoms with Crippen molar-refractivity contribution >= 4 is 11.6 Å². The van der Waals surface area contributed by atoms with Gasteiger partial charge in [0.25, 0.3) is 0 Å². The largest absolute Gasteiger partial charge is 0.392 e. The molecule has 0 bridgehead atoms. The van der Waals surface area contributed by atoms with Crippen LogP contribution in [0.5, 0.6) is 0 Å². The maximum atomic E-state index is 12.3. The Hall–Kier alpha value is -1.30. The minimum absolute atomic E-state index is 0.0932. The van der Waals surface area contributed by atoms with E-state index in [1.807, 2.05) is 24.3 Å². The van der Waals surface area contributed by atoms with Crippen molar-refractivity contribution in [1.82, 2.24) is 0 Å². The van der Waals surface area contributed by atoms with Crippen LogP contribution in [0, 0.1) is 17.8 Å². The first kappa shape index (κ1) is 24.0. The van der Waals surface area contributed by atoms with E-state index < -0.39 is 18.3 Å². The molecule has 2 rings (SSSR count). The lowest BCUT2D eigenvalue weighted by atomic mass is 9.86. The van der Waals surface area contributed by atoms with Crippen LogP contribution in [0.3, 0.4) is 0 Å². The molecule has 2 saturated carbocycles. The molecule has 29 heavy (non-hydrogen) atoms. The van der Waals surface area contributed by atoms with E-state index in [1.165, 1.54) is 0 Å². The summed E-state index contributed by atoms with van der Waals surface area (Å²) >= 11 is 0. The van der Waals surface area contributed by atoms with Crippen LogP contribution in [-0.4, -0.2) is 45.2 Å². The third-order valence-corrected chi connectivity index (χ3v) is 6.42. The lowest BCUT2D eigenvalue weighted by molar-refractivity contribution is -0.122. The summed E-state index contributed by atoms with van der Waals surface area (Å²) in [5, 5.41) is 30.0. The molecular formula is C24H38O5. The number of ketones is 2. The Bertz CT molecular complexity index is 592. The molecular weight excluding hydrogens is 368 g/mol. The second kappa shape index (κ2) is 11.8. The van der Waals surface area contributed by atoms with E-state index >= 15 is 0 Å². The number of aliphatic hydroxyl groups is 3. The van der Waals surface area contributed by atoms with Crippen LogP contribution in [-0.2, 0) is 9.59 Å². The molecule has 0 aromatic heterocycles. The Kier molecular flexibility index (Phi) is 9.73. The normalized spacial score (nSPS) is 27.2. The van der Waals surface area contributed by atoms with Gasteiger partial charge in [0.2, 0.25) is 0 Å². The number of carbonyl (C=O) groups is 2. The highest BCUT2D eigenvalue weighted by Gasteiger charge is 2.43. The van der Waals surface area contributed by atoms with E-state index in [-0.39, 0.29) is 29.8 Å². The highest BCUT2D eigenvalue weighted by molar-refractivity contribution is 5.84. The summed E-state index contributed by atoms with van der Waals surface area (Å²) in [5.41, 5.74) is -0.637. The summed E-state index contributed by atoms with van der Waals surface area (Å²) < 4.78 is 0. The van der Waals surface area contributed by atoms with E-state index in [0.29, 0.717) is 31.6 Å². The van der Waals surface area contributed by atoms with Gasteiger partial charge < -0.3 is 15.3 Å². The van der Waals surface area contributed by atoms with Crippen molar-refractivity contribution < 1.29 is 24.9 Å². The van der Waals surface area contributed by atoms with Gasteiger partial charge >= 0.3 is 0 Å². The zero-order valence-electron chi connectivity index (χ0n) is 17.8. The van der Waals surface area contributed by atoms with Crippen LogP contribution >= 0.6 is 0 Å². The maximum Gasteiger partial charge on any atom is 0.158 e. The predicted molar refractivity (Wildman–Crippen MR) is 113 cm³/mol. The summed E-state index contributed by atoms with van der Waals surface area (Å²) in [4.78, 5) is 23.4. The third-order valence-electron chi connectivity index (χ3n) is 6.42. The van der Waals surface area contributed by atoms with Gasteiger partial charge in [0.05, 0.1) is 11.7 Å². The number of unbranched alkanes of at least 4 members (excludes halogenated alkanes) is 2. The molecule has 164 valence electrons. The van der Waals surface area contributed by atoms with Gasteiger partial charge in [-0.15, -0.1) is 0 Å². The van der Waals surface area contributed by atoms with Gasteiger partial charge in [0.15, 0.2) is 5.78 Å². The van der Waals surface area contributed by atoms with E-state index in [4.69, 9.17) is 5.11 Å². The van der Waals surface area contributed by atoms with Crippen LogP contribution in [0.25, 0.3) is 0 Å². The van der Waals surface area contributed by atoms with Crippen LogP contribution in [0.15, 0.2) is 24.3 Å². The molecule has 0 radical (unpaired) electrons. The average molecular weight is 407 g/mol. The lowest BCUT2D eigenvalue weighted by Crippen LogP contribution is -2.30. The topological polar surface area (TPSA) is 94.8 Å². The van der Waals surface area contributed by atoms with Gasteiger partial charge in [0, 0.05) is 24.7 Å². The first-order valence-electron chi connectivity index (χ1n) is 11.3. The number of hydrogen-bond donors (Lipinski definition) is 3. The molecule has 4 atom stereocenters. The van der Waals surface area contributed by atoms with Crippen molar-refractivity contribution in [1.29, 1.82) is 0 Å². The minimum Gasteiger partial charge on any atom is -0.392 e. The highest BCUT2D eigenvalue weighted by atomic mass is 16.3. The number of hydrogen-bond acceptors (Lipinski definition) is 5. The molecule has 0 amide bonds. The molecule has 5 nitrogen and oxygen atoms in total. The van der Waals surface area contributed by atoms with Gasteiger partial charge in [-0.1, -0.05) is 44.1 Å². The Morgan fingerprint density at radius 1 is 1.21 bits per heavy atom. The van der Waals surface area contributed by atoms with E-state index in [2.05, 4.69) is 6.92 Å². The van der Waals surface area contributed by atoms with Gasteiger partial charge in [-0.3, -0.25) is 9.59 Å². The maximum absolute atomic E-state index is 12.3. The first-order valence-corrected chi connectivity index (χ1v) is 11.3. The first-order chi connectivity index (χ1) is 13.9. The highest BCUT2D eigenvalue weighted by Crippen LogP contribution is 2.44. The minimum atomic E-state index is -0.649. The molecule has 0 spiro atoms. The van der Waals surface area contributed by atoms with Crippen molar-refractivity contribution in [3.8, 4) is 0 Å². The Labute approximate surface area is 174 Å². The van der Waals surface area contributed by atoms with Crippen LogP contribution in [0.1, 0.15) is 77.6 Å². The molecule has 1 unspecified atom stereocenters. The fraction of sp³-hybridized carbons (Fsp3) is 0.750. The number of rotatable bonds is 14. The van der Waals surface area contributed by atoms with Gasteiger partial charge in [-0.05, 0) is 50.9 Å². The van der Waals surface area contributed by atoms with E-state index in [9.17, 15) is 19.8 Å². The molecule has 0 saturated heterocycles. The summed E-state index contributed by atoms with van der Waals surface area (Å²) in [6.07, 6.45) is 15.5. The number of carbonyl (C=O) groups excluding carboxylic acids is 2. The predicted octanol–water partition coefficient (Wildman–Crippen LogP) is 3.51. The smallest absolute Gasteiger partial charge is 0.158 e.